The van der Waals surface area contributed by atoms with E-state index < -0.39 is 0 Å². The van der Waals surface area contributed by atoms with E-state index in [0.717, 1.165) is 32.6 Å². The van der Waals surface area contributed by atoms with Crippen LogP contribution in [0.2, 0.25) is 0 Å². The standard InChI is InChI=1S/C15H25N3OS/c1-3-16-12-5-4-6-13-14(12)17-15(20-13)18(2)11-7-9-19-10-8-11/h11-12,16H,3-10H2,1-2H3. The lowest BCUT2D eigenvalue weighted by Crippen LogP contribution is -2.36. The van der Waals surface area contributed by atoms with Gasteiger partial charge in [0.25, 0.3) is 0 Å². The fraction of sp³-hybridized carbons (Fsp3) is 0.800. The maximum absolute atomic E-state index is 5.46. The minimum Gasteiger partial charge on any atom is -0.381 e. The van der Waals surface area contributed by atoms with Gasteiger partial charge in [0.2, 0.25) is 0 Å². The molecule has 0 saturated carbocycles. The molecule has 0 radical (unpaired) electrons. The van der Waals surface area contributed by atoms with Gasteiger partial charge in [-0.05, 0) is 38.6 Å². The molecule has 1 aliphatic carbocycles. The molecule has 1 aromatic rings. The van der Waals surface area contributed by atoms with Crippen molar-refractivity contribution in [2.45, 2.75) is 51.1 Å². The molecule has 1 unspecified atom stereocenters. The van der Waals surface area contributed by atoms with E-state index in [1.807, 2.05) is 11.3 Å². The third kappa shape index (κ3) is 2.85. The van der Waals surface area contributed by atoms with Crippen LogP contribution in [0.25, 0.3) is 0 Å². The lowest BCUT2D eigenvalue weighted by molar-refractivity contribution is 0.0855. The van der Waals surface area contributed by atoms with Crippen LogP contribution in [0.5, 0.6) is 0 Å². The van der Waals surface area contributed by atoms with Crippen LogP contribution < -0.4 is 10.2 Å². The maximum Gasteiger partial charge on any atom is 0.185 e. The maximum atomic E-state index is 5.46. The summed E-state index contributed by atoms with van der Waals surface area (Å²) in [6.45, 7) is 4.97. The molecular weight excluding hydrogens is 270 g/mol. The number of anilines is 1. The van der Waals surface area contributed by atoms with Crippen LogP contribution in [0.4, 0.5) is 5.13 Å². The van der Waals surface area contributed by atoms with Crippen molar-refractivity contribution >= 4 is 16.5 Å². The molecule has 20 heavy (non-hydrogen) atoms. The third-order valence-electron chi connectivity index (χ3n) is 4.43. The summed E-state index contributed by atoms with van der Waals surface area (Å²) in [4.78, 5) is 8.85. The van der Waals surface area contributed by atoms with Crippen molar-refractivity contribution in [1.82, 2.24) is 10.3 Å². The van der Waals surface area contributed by atoms with E-state index in [1.54, 1.807) is 0 Å². The Kier molecular flexibility index (Phi) is 4.58. The number of thiazole rings is 1. The van der Waals surface area contributed by atoms with E-state index in [1.165, 1.54) is 35.0 Å². The van der Waals surface area contributed by atoms with Crippen LogP contribution in [0.15, 0.2) is 0 Å². The zero-order chi connectivity index (χ0) is 13.9. The lowest BCUT2D eigenvalue weighted by atomic mass is 9.98. The number of ether oxygens (including phenoxy) is 1. The van der Waals surface area contributed by atoms with Gasteiger partial charge in [0.1, 0.15) is 0 Å². The van der Waals surface area contributed by atoms with Gasteiger partial charge in [0.05, 0.1) is 11.7 Å². The average Bonchev–Trinajstić information content (AvgIpc) is 2.93. The highest BCUT2D eigenvalue weighted by molar-refractivity contribution is 7.15. The van der Waals surface area contributed by atoms with Gasteiger partial charge in [-0.15, -0.1) is 11.3 Å². The van der Waals surface area contributed by atoms with Gasteiger partial charge in [0, 0.05) is 31.2 Å². The first-order chi connectivity index (χ1) is 9.79. The van der Waals surface area contributed by atoms with Crippen LogP contribution in [0, 0.1) is 0 Å². The first-order valence-electron chi connectivity index (χ1n) is 7.83. The van der Waals surface area contributed by atoms with E-state index in [9.17, 15) is 0 Å². The minimum atomic E-state index is 0.469. The number of hydrogen-bond acceptors (Lipinski definition) is 5. The summed E-state index contributed by atoms with van der Waals surface area (Å²) in [7, 11) is 2.20. The van der Waals surface area contributed by atoms with Crippen LogP contribution >= 0.6 is 11.3 Å². The molecule has 2 aliphatic rings. The quantitative estimate of drug-likeness (QED) is 0.927. The van der Waals surface area contributed by atoms with Crippen LogP contribution in [0.1, 0.15) is 49.2 Å². The monoisotopic (exact) mass is 295 g/mol. The van der Waals surface area contributed by atoms with E-state index in [0.29, 0.717) is 12.1 Å². The third-order valence-corrected chi connectivity index (χ3v) is 5.66. The molecule has 1 fully saturated rings. The Bertz CT molecular complexity index is 442. The Labute approximate surface area is 125 Å². The summed E-state index contributed by atoms with van der Waals surface area (Å²) in [5.74, 6) is 0. The number of fused-ring (bicyclic) bond motifs is 1. The number of hydrogen-bond donors (Lipinski definition) is 1. The smallest absolute Gasteiger partial charge is 0.185 e. The zero-order valence-electron chi connectivity index (χ0n) is 12.5. The number of rotatable bonds is 4. The van der Waals surface area contributed by atoms with Gasteiger partial charge in [0.15, 0.2) is 5.13 Å². The number of nitrogens with zero attached hydrogens (tertiary/aromatic N) is 2. The van der Waals surface area contributed by atoms with Gasteiger partial charge < -0.3 is 15.0 Å². The molecule has 0 spiro atoms. The van der Waals surface area contributed by atoms with Crippen LogP contribution in [-0.4, -0.2) is 37.8 Å². The summed E-state index contributed by atoms with van der Waals surface area (Å²) in [5, 5.41) is 4.78. The Morgan fingerprint density at radius 1 is 1.35 bits per heavy atom. The van der Waals surface area contributed by atoms with Crippen molar-refractivity contribution < 1.29 is 4.74 Å². The molecule has 5 heteroatoms. The molecule has 3 rings (SSSR count). The van der Waals surface area contributed by atoms with Gasteiger partial charge in [-0.25, -0.2) is 4.98 Å². The molecule has 1 aliphatic heterocycles. The summed E-state index contributed by atoms with van der Waals surface area (Å²) < 4.78 is 5.46. The predicted molar refractivity (Wildman–Crippen MR) is 83.7 cm³/mol. The van der Waals surface area contributed by atoms with E-state index in [2.05, 4.69) is 24.2 Å². The molecule has 1 atom stereocenters. The molecular formula is C15H25N3OS. The predicted octanol–water partition coefficient (Wildman–Crippen LogP) is 2.75. The Hall–Kier alpha value is -0.650. The molecule has 4 nitrogen and oxygen atoms in total. The number of nitrogens with one attached hydrogen (secondary N) is 1. The van der Waals surface area contributed by atoms with Gasteiger partial charge >= 0.3 is 0 Å². The highest BCUT2D eigenvalue weighted by Gasteiger charge is 2.27. The fourth-order valence-corrected chi connectivity index (χ4v) is 4.43. The summed E-state index contributed by atoms with van der Waals surface area (Å²) >= 11 is 1.90. The second-order valence-electron chi connectivity index (χ2n) is 5.76. The van der Waals surface area contributed by atoms with Crippen molar-refractivity contribution in [2.24, 2.45) is 0 Å². The molecule has 0 amide bonds. The minimum absolute atomic E-state index is 0.469. The molecule has 0 bridgehead atoms. The molecule has 1 aromatic heterocycles. The number of aromatic nitrogens is 1. The highest BCUT2D eigenvalue weighted by Crippen LogP contribution is 2.37. The first kappa shape index (κ1) is 14.3. The summed E-state index contributed by atoms with van der Waals surface area (Å²) in [5.41, 5.74) is 1.32. The molecule has 112 valence electrons. The zero-order valence-corrected chi connectivity index (χ0v) is 13.3. The Morgan fingerprint density at radius 3 is 2.90 bits per heavy atom. The molecule has 1 N–H and O–H groups in total. The van der Waals surface area contributed by atoms with E-state index in [4.69, 9.17) is 9.72 Å². The van der Waals surface area contributed by atoms with Crippen LogP contribution in [-0.2, 0) is 11.2 Å². The normalized spacial score (nSPS) is 23.6. The topological polar surface area (TPSA) is 37.4 Å². The SMILES string of the molecule is CCNC1CCCc2sc(N(C)C3CCOCC3)nc21. The van der Waals surface area contributed by atoms with Crippen molar-refractivity contribution in [3.05, 3.63) is 10.6 Å². The van der Waals surface area contributed by atoms with Crippen LogP contribution in [0.3, 0.4) is 0 Å². The largest absolute Gasteiger partial charge is 0.381 e. The number of aryl methyl sites for hydroxylation is 1. The van der Waals surface area contributed by atoms with Gasteiger partial charge in [-0.3, -0.25) is 0 Å². The fourth-order valence-electron chi connectivity index (χ4n) is 3.23. The Balaban J connectivity index is 1.77. The lowest BCUT2D eigenvalue weighted by Gasteiger charge is -2.30. The summed E-state index contributed by atoms with van der Waals surface area (Å²) in [6.07, 6.45) is 5.96. The Morgan fingerprint density at radius 2 is 2.15 bits per heavy atom. The van der Waals surface area contributed by atoms with Gasteiger partial charge in [-0.1, -0.05) is 6.92 Å². The molecule has 1 saturated heterocycles. The van der Waals surface area contributed by atoms with E-state index in [-0.39, 0.29) is 0 Å². The van der Waals surface area contributed by atoms with Crippen molar-refractivity contribution in [2.75, 3.05) is 31.7 Å². The first-order valence-corrected chi connectivity index (χ1v) is 8.64. The van der Waals surface area contributed by atoms with Gasteiger partial charge in [-0.2, -0.15) is 0 Å². The second-order valence-corrected chi connectivity index (χ2v) is 6.82. The highest BCUT2D eigenvalue weighted by atomic mass is 32.1. The average molecular weight is 295 g/mol. The van der Waals surface area contributed by atoms with E-state index >= 15 is 0 Å². The molecule has 2 heterocycles. The van der Waals surface area contributed by atoms with Crippen molar-refractivity contribution in [1.29, 1.82) is 0 Å². The van der Waals surface area contributed by atoms with Crippen molar-refractivity contribution in [3.63, 3.8) is 0 Å². The molecule has 0 aromatic carbocycles. The summed E-state index contributed by atoms with van der Waals surface area (Å²) in [6, 6.07) is 1.06. The second kappa shape index (κ2) is 6.41. The van der Waals surface area contributed by atoms with Crippen molar-refractivity contribution in [3.8, 4) is 0 Å².